The number of rotatable bonds is 3. The van der Waals surface area contributed by atoms with Crippen molar-refractivity contribution in [1.82, 2.24) is 0 Å². The Hall–Kier alpha value is -1.07. The smallest absolute Gasteiger partial charge is 0 e. The largest absolute Gasteiger partial charge is 0.164 e. The van der Waals surface area contributed by atoms with Gasteiger partial charge in [-0.2, -0.15) is 6.07 Å². The molecule has 0 bridgehead atoms. The van der Waals surface area contributed by atoms with Gasteiger partial charge in [0.15, 0.2) is 0 Å². The third kappa shape index (κ3) is 2.99. The van der Waals surface area contributed by atoms with Crippen LogP contribution in [0, 0.1) is 6.92 Å². The van der Waals surface area contributed by atoms with Crippen LogP contribution < -0.4 is 0 Å². The van der Waals surface area contributed by atoms with Gasteiger partial charge < -0.3 is 0 Å². The Morgan fingerprint density at radius 2 is 1.75 bits per heavy atom. The van der Waals surface area contributed by atoms with Gasteiger partial charge in [-0.1, -0.05) is 54.8 Å². The molecule has 0 fully saturated rings. The first-order valence-electron chi connectivity index (χ1n) is 7.03. The zero-order valence-electron chi connectivity index (χ0n) is 12.1. The van der Waals surface area contributed by atoms with Crippen molar-refractivity contribution < 1.29 is 26.2 Å². The third-order valence-electron chi connectivity index (χ3n) is 3.71. The molecule has 100 valence electrons. The molecular weight excluding hydrogens is 319 g/mol. The van der Waals surface area contributed by atoms with Gasteiger partial charge in [0.05, 0.1) is 0 Å². The second-order valence-electron chi connectivity index (χ2n) is 5.29. The second kappa shape index (κ2) is 6.59. The minimum atomic E-state index is 0. The normalized spacial score (nSPS) is 10.5. The Morgan fingerprint density at radius 1 is 1.00 bits per heavy atom. The van der Waals surface area contributed by atoms with Crippen molar-refractivity contribution >= 4 is 10.8 Å². The molecule has 3 aromatic carbocycles. The van der Waals surface area contributed by atoms with Crippen molar-refractivity contribution in [2.45, 2.75) is 26.7 Å². The van der Waals surface area contributed by atoms with E-state index in [2.05, 4.69) is 68.4 Å². The van der Waals surface area contributed by atoms with E-state index in [1.54, 1.807) is 0 Å². The van der Waals surface area contributed by atoms with Crippen LogP contribution in [-0.2, 0) is 32.6 Å². The molecule has 0 aliphatic heterocycles. The molecule has 0 saturated heterocycles. The van der Waals surface area contributed by atoms with E-state index >= 15 is 0 Å². The molecule has 0 N–H and O–H groups in total. The number of fused-ring (bicyclic) bond motifs is 1. The van der Waals surface area contributed by atoms with Gasteiger partial charge in [-0.15, -0.1) is 34.5 Å². The maximum atomic E-state index is 2.36. The number of hydrogen-bond donors (Lipinski definition) is 0. The van der Waals surface area contributed by atoms with Crippen LogP contribution in [-0.4, -0.2) is 0 Å². The summed E-state index contributed by atoms with van der Waals surface area (Å²) >= 11 is 0. The van der Waals surface area contributed by atoms with Gasteiger partial charge in [0.2, 0.25) is 0 Å². The summed E-state index contributed by atoms with van der Waals surface area (Å²) in [7, 11) is 0. The molecule has 0 aromatic heterocycles. The molecule has 0 amide bonds. The Balaban J connectivity index is 0.00000147. The van der Waals surface area contributed by atoms with E-state index in [0.717, 1.165) is 0 Å². The van der Waals surface area contributed by atoms with Crippen molar-refractivity contribution in [2.75, 3.05) is 0 Å². The van der Waals surface area contributed by atoms with Crippen LogP contribution in [0.2, 0.25) is 0 Å². The molecule has 3 aromatic rings. The summed E-state index contributed by atoms with van der Waals surface area (Å²) in [6, 6.07) is 20.1. The van der Waals surface area contributed by atoms with E-state index in [-0.39, 0.29) is 26.2 Å². The molecule has 1 heteroatoms. The summed E-state index contributed by atoms with van der Waals surface area (Å²) in [5, 5.41) is 2.75. The predicted octanol–water partition coefficient (Wildman–Crippen LogP) is 5.48. The molecule has 3 rings (SSSR count). The Labute approximate surface area is 140 Å². The first kappa shape index (κ1) is 15.3. The van der Waals surface area contributed by atoms with Crippen LogP contribution in [0.25, 0.3) is 21.9 Å². The summed E-state index contributed by atoms with van der Waals surface area (Å²) in [5.74, 6) is 0. The van der Waals surface area contributed by atoms with Gasteiger partial charge in [-0.25, -0.2) is 0 Å². The molecule has 0 saturated carbocycles. The van der Waals surface area contributed by atoms with Crippen LogP contribution >= 0.6 is 0 Å². The standard InChI is InChI=1S/C19H19.Zr/c1-3-5-15-12-17-6-4-7-18(19(17)13-15)16-10-8-14(2)9-11-16;/h4,6-13H,3,5H2,1-2H3;/q-1;. The van der Waals surface area contributed by atoms with Crippen molar-refractivity contribution in [1.29, 1.82) is 0 Å². The maximum Gasteiger partial charge on any atom is 0 e. The average Bonchev–Trinajstić information content (AvgIpc) is 2.82. The molecule has 0 aliphatic rings. The topological polar surface area (TPSA) is 0 Å². The predicted molar refractivity (Wildman–Crippen MR) is 83.7 cm³/mol. The van der Waals surface area contributed by atoms with Gasteiger partial charge in [-0.3, -0.25) is 0 Å². The fraction of sp³-hybridized carbons (Fsp3) is 0.211. The van der Waals surface area contributed by atoms with E-state index in [9.17, 15) is 0 Å². The van der Waals surface area contributed by atoms with Crippen molar-refractivity contribution in [2.24, 2.45) is 0 Å². The summed E-state index contributed by atoms with van der Waals surface area (Å²) in [5.41, 5.74) is 5.42. The molecule has 0 aliphatic carbocycles. The van der Waals surface area contributed by atoms with E-state index in [0.29, 0.717) is 0 Å². The summed E-state index contributed by atoms with van der Waals surface area (Å²) in [6.07, 6.45) is 2.37. The zero-order valence-corrected chi connectivity index (χ0v) is 14.6. The zero-order chi connectivity index (χ0) is 13.2. The molecule has 0 spiro atoms. The van der Waals surface area contributed by atoms with E-state index in [4.69, 9.17) is 0 Å². The van der Waals surface area contributed by atoms with Gasteiger partial charge >= 0.3 is 0 Å². The minimum absolute atomic E-state index is 0. The van der Waals surface area contributed by atoms with Gasteiger partial charge in [0, 0.05) is 26.2 Å². The molecule has 0 unspecified atom stereocenters. The molecule has 0 radical (unpaired) electrons. The quantitative estimate of drug-likeness (QED) is 0.554. The minimum Gasteiger partial charge on any atom is -0.164 e. The first-order valence-corrected chi connectivity index (χ1v) is 7.03. The van der Waals surface area contributed by atoms with Crippen molar-refractivity contribution in [3.63, 3.8) is 0 Å². The van der Waals surface area contributed by atoms with Crippen LogP contribution in [0.4, 0.5) is 0 Å². The monoisotopic (exact) mass is 337 g/mol. The van der Waals surface area contributed by atoms with Crippen molar-refractivity contribution in [3.05, 3.63) is 65.7 Å². The molecule has 20 heavy (non-hydrogen) atoms. The number of hydrogen-bond acceptors (Lipinski definition) is 0. The van der Waals surface area contributed by atoms with Crippen LogP contribution in [0.1, 0.15) is 24.5 Å². The first-order chi connectivity index (χ1) is 9.28. The Bertz CT molecular complexity index is 689. The van der Waals surface area contributed by atoms with E-state index < -0.39 is 0 Å². The number of aryl methyl sites for hydroxylation is 2. The average molecular weight is 339 g/mol. The maximum absolute atomic E-state index is 2.36. The Morgan fingerprint density at radius 3 is 2.45 bits per heavy atom. The fourth-order valence-electron chi connectivity index (χ4n) is 2.71. The van der Waals surface area contributed by atoms with Crippen LogP contribution in [0.3, 0.4) is 0 Å². The van der Waals surface area contributed by atoms with Crippen LogP contribution in [0.5, 0.6) is 0 Å². The Kier molecular flexibility index (Phi) is 5.05. The molecular formula is C19H19Zr-. The second-order valence-corrected chi connectivity index (χ2v) is 5.29. The van der Waals surface area contributed by atoms with Crippen molar-refractivity contribution in [3.8, 4) is 11.1 Å². The van der Waals surface area contributed by atoms with Crippen LogP contribution in [0.15, 0.2) is 54.6 Å². The third-order valence-corrected chi connectivity index (χ3v) is 3.71. The SMILES string of the molecule is CCCc1cc2c(-c3ccc(C)cc3)cccc2[cH-]1.[Zr]. The summed E-state index contributed by atoms with van der Waals surface area (Å²) in [4.78, 5) is 0. The molecule has 0 nitrogen and oxygen atoms in total. The van der Waals surface area contributed by atoms with E-state index in [1.165, 1.54) is 45.9 Å². The summed E-state index contributed by atoms with van der Waals surface area (Å²) in [6.45, 7) is 4.37. The van der Waals surface area contributed by atoms with Gasteiger partial charge in [-0.05, 0) is 18.9 Å². The molecule has 0 heterocycles. The molecule has 0 atom stereocenters. The van der Waals surface area contributed by atoms with E-state index in [1.807, 2.05) is 0 Å². The van der Waals surface area contributed by atoms with Gasteiger partial charge in [0.1, 0.15) is 0 Å². The van der Waals surface area contributed by atoms with Gasteiger partial charge in [0.25, 0.3) is 0 Å². The summed E-state index contributed by atoms with van der Waals surface area (Å²) < 4.78 is 0. The fourth-order valence-corrected chi connectivity index (χ4v) is 2.71. The number of benzene rings is 2.